The maximum Gasteiger partial charge on any atom is 0.187 e. The molecular formula is C18H24N3O3S-. The normalized spacial score (nSPS) is 23.2. The van der Waals surface area contributed by atoms with Crippen LogP contribution >= 0.6 is 12.2 Å². The largest absolute Gasteiger partial charge is 0.546 e. The second-order valence-corrected chi connectivity index (χ2v) is 6.82. The molecule has 2 rings (SSSR count). The quantitative estimate of drug-likeness (QED) is 0.452. The van der Waals surface area contributed by atoms with Crippen molar-refractivity contribution in [3.8, 4) is 5.75 Å². The number of ether oxygens (including phenoxy) is 1. The molecule has 0 aromatic heterocycles. The molecule has 0 bridgehead atoms. The van der Waals surface area contributed by atoms with Gasteiger partial charge in [0.15, 0.2) is 5.11 Å². The number of nitrogens with zero attached hydrogens (tertiary/aromatic N) is 1. The lowest BCUT2D eigenvalue weighted by Gasteiger charge is -2.35. The second kappa shape index (κ2) is 9.36. The van der Waals surface area contributed by atoms with Crippen LogP contribution < -0.4 is 20.6 Å². The molecule has 0 unspecified atom stereocenters. The SMILES string of the molecule is C[C@@H]1[C@H](C)CCC[C@H]1NC(=S)N/N=C\c1ccccc1OCC(=O)[O-]. The van der Waals surface area contributed by atoms with Gasteiger partial charge in [0, 0.05) is 11.6 Å². The highest BCUT2D eigenvalue weighted by molar-refractivity contribution is 7.80. The number of thiocarbonyl (C=S) groups is 1. The third-order valence-corrected chi connectivity index (χ3v) is 4.87. The van der Waals surface area contributed by atoms with Gasteiger partial charge in [-0.05, 0) is 42.6 Å². The summed E-state index contributed by atoms with van der Waals surface area (Å²) in [5.41, 5.74) is 3.46. The highest BCUT2D eigenvalue weighted by Gasteiger charge is 2.27. The number of aliphatic carboxylic acids is 1. The van der Waals surface area contributed by atoms with Crippen LogP contribution in [0, 0.1) is 11.8 Å². The van der Waals surface area contributed by atoms with Gasteiger partial charge in [0.1, 0.15) is 12.4 Å². The summed E-state index contributed by atoms with van der Waals surface area (Å²) in [5, 5.41) is 18.4. The van der Waals surface area contributed by atoms with Crippen molar-refractivity contribution in [2.45, 2.75) is 39.2 Å². The molecule has 7 heteroatoms. The van der Waals surface area contributed by atoms with Gasteiger partial charge in [0.05, 0.1) is 12.2 Å². The Hall–Kier alpha value is -2.15. The topological polar surface area (TPSA) is 85.8 Å². The first kappa shape index (κ1) is 19.2. The minimum Gasteiger partial charge on any atom is -0.546 e. The fraction of sp³-hybridized carbons (Fsp3) is 0.500. The van der Waals surface area contributed by atoms with Crippen molar-refractivity contribution in [2.75, 3.05) is 6.61 Å². The average Bonchev–Trinajstić information content (AvgIpc) is 2.58. The molecule has 1 fully saturated rings. The minimum atomic E-state index is -1.27. The molecule has 1 aliphatic rings. The van der Waals surface area contributed by atoms with E-state index in [1.165, 1.54) is 12.8 Å². The van der Waals surface area contributed by atoms with E-state index in [1.807, 2.05) is 6.07 Å². The highest BCUT2D eigenvalue weighted by atomic mass is 32.1. The van der Waals surface area contributed by atoms with E-state index in [2.05, 4.69) is 29.7 Å². The van der Waals surface area contributed by atoms with E-state index in [0.717, 1.165) is 6.42 Å². The van der Waals surface area contributed by atoms with Crippen LogP contribution in [0.15, 0.2) is 29.4 Å². The van der Waals surface area contributed by atoms with Crippen molar-refractivity contribution in [2.24, 2.45) is 16.9 Å². The molecule has 0 heterocycles. The van der Waals surface area contributed by atoms with E-state index in [4.69, 9.17) is 17.0 Å². The highest BCUT2D eigenvalue weighted by Crippen LogP contribution is 2.29. The summed E-state index contributed by atoms with van der Waals surface area (Å²) in [6.45, 7) is 4.02. The smallest absolute Gasteiger partial charge is 0.187 e. The Morgan fingerprint density at radius 2 is 2.16 bits per heavy atom. The van der Waals surface area contributed by atoms with Crippen molar-refractivity contribution >= 4 is 29.5 Å². The number of carboxylic acids is 1. The number of nitrogens with one attached hydrogen (secondary N) is 2. The van der Waals surface area contributed by atoms with Gasteiger partial charge in [-0.3, -0.25) is 5.43 Å². The van der Waals surface area contributed by atoms with Gasteiger partial charge in [-0.25, -0.2) is 0 Å². The van der Waals surface area contributed by atoms with Crippen molar-refractivity contribution in [3.05, 3.63) is 29.8 Å². The Balaban J connectivity index is 1.88. The number of benzene rings is 1. The summed E-state index contributed by atoms with van der Waals surface area (Å²) >= 11 is 5.31. The summed E-state index contributed by atoms with van der Waals surface area (Å²) in [4.78, 5) is 10.5. The molecule has 0 spiro atoms. The molecule has 1 saturated carbocycles. The minimum absolute atomic E-state index is 0.359. The molecule has 1 aromatic carbocycles. The van der Waals surface area contributed by atoms with Gasteiger partial charge in [-0.1, -0.05) is 38.8 Å². The molecule has 25 heavy (non-hydrogen) atoms. The van der Waals surface area contributed by atoms with Gasteiger partial charge in [-0.2, -0.15) is 5.10 Å². The third kappa shape index (κ3) is 6.01. The lowest BCUT2D eigenvalue weighted by molar-refractivity contribution is -0.307. The van der Waals surface area contributed by atoms with Crippen LogP contribution in [0.5, 0.6) is 5.75 Å². The Morgan fingerprint density at radius 1 is 1.40 bits per heavy atom. The summed E-state index contributed by atoms with van der Waals surface area (Å²) in [6.07, 6.45) is 5.13. The first-order valence-corrected chi connectivity index (χ1v) is 8.89. The molecule has 1 aromatic rings. The van der Waals surface area contributed by atoms with Gasteiger partial charge < -0.3 is 20.0 Å². The molecule has 3 atom stereocenters. The van der Waals surface area contributed by atoms with E-state index < -0.39 is 12.6 Å². The number of rotatable bonds is 6. The summed E-state index contributed by atoms with van der Waals surface area (Å²) in [5.74, 6) is 0.401. The number of hydrogen-bond acceptors (Lipinski definition) is 5. The Kier molecular flexibility index (Phi) is 7.18. The first-order chi connectivity index (χ1) is 12.0. The zero-order valence-corrected chi connectivity index (χ0v) is 15.3. The van der Waals surface area contributed by atoms with Crippen molar-refractivity contribution in [3.63, 3.8) is 0 Å². The van der Waals surface area contributed by atoms with Gasteiger partial charge in [-0.15, -0.1) is 0 Å². The Labute approximate surface area is 153 Å². The van der Waals surface area contributed by atoms with Crippen LogP contribution in [0.25, 0.3) is 0 Å². The molecule has 0 aliphatic heterocycles. The second-order valence-electron chi connectivity index (χ2n) is 6.42. The number of hydrazone groups is 1. The van der Waals surface area contributed by atoms with Gasteiger partial charge >= 0.3 is 0 Å². The van der Waals surface area contributed by atoms with Gasteiger partial charge in [0.2, 0.25) is 0 Å². The predicted octanol–water partition coefficient (Wildman–Crippen LogP) is 1.44. The molecule has 2 N–H and O–H groups in total. The van der Waals surface area contributed by atoms with E-state index in [1.54, 1.807) is 24.4 Å². The van der Waals surface area contributed by atoms with E-state index in [-0.39, 0.29) is 0 Å². The molecule has 0 amide bonds. The van der Waals surface area contributed by atoms with Gasteiger partial charge in [0.25, 0.3) is 0 Å². The average molecular weight is 362 g/mol. The number of para-hydroxylation sites is 1. The molecule has 136 valence electrons. The molecule has 6 nitrogen and oxygen atoms in total. The van der Waals surface area contributed by atoms with Crippen molar-refractivity contribution < 1.29 is 14.6 Å². The van der Waals surface area contributed by atoms with Crippen LogP contribution in [-0.4, -0.2) is 29.9 Å². The number of carbonyl (C=O) groups is 1. The van der Waals surface area contributed by atoms with Crippen LogP contribution in [0.4, 0.5) is 0 Å². The van der Waals surface area contributed by atoms with E-state index >= 15 is 0 Å². The molecular weight excluding hydrogens is 338 g/mol. The van der Waals surface area contributed by atoms with Crippen LogP contribution in [-0.2, 0) is 4.79 Å². The number of carboxylic acid groups (broad SMARTS) is 1. The van der Waals surface area contributed by atoms with Crippen molar-refractivity contribution in [1.82, 2.24) is 10.7 Å². The fourth-order valence-electron chi connectivity index (χ4n) is 3.00. The maximum atomic E-state index is 10.5. The first-order valence-electron chi connectivity index (χ1n) is 8.48. The number of carbonyl (C=O) groups excluding carboxylic acids is 1. The lowest BCUT2D eigenvalue weighted by atomic mass is 9.78. The zero-order chi connectivity index (χ0) is 18.2. The lowest BCUT2D eigenvalue weighted by Crippen LogP contribution is -2.46. The summed E-state index contributed by atoms with van der Waals surface area (Å²) in [6, 6.07) is 7.38. The maximum absolute atomic E-state index is 10.5. The summed E-state index contributed by atoms with van der Waals surface area (Å²) < 4.78 is 5.17. The van der Waals surface area contributed by atoms with Crippen LogP contribution in [0.3, 0.4) is 0 Å². The fourth-order valence-corrected chi connectivity index (χ4v) is 3.21. The summed E-state index contributed by atoms with van der Waals surface area (Å²) in [7, 11) is 0. The van der Waals surface area contributed by atoms with E-state index in [0.29, 0.717) is 34.3 Å². The molecule has 0 saturated heterocycles. The third-order valence-electron chi connectivity index (χ3n) is 4.66. The zero-order valence-electron chi connectivity index (χ0n) is 14.5. The number of hydrogen-bond donors (Lipinski definition) is 2. The standard InChI is InChI=1S/C18H25N3O3S/c1-12-6-5-8-15(13(12)2)20-18(25)21-19-10-14-7-3-4-9-16(14)24-11-17(22)23/h3-4,7,9-10,12-13,15H,5-6,8,11H2,1-2H3,(H,22,23)(H2,20,21,25)/p-1/b19-10-/t12-,13-,15-/m1/s1. The van der Waals surface area contributed by atoms with Crippen molar-refractivity contribution in [1.29, 1.82) is 0 Å². The predicted molar refractivity (Wildman–Crippen MR) is 99.4 cm³/mol. The molecule has 0 radical (unpaired) electrons. The Morgan fingerprint density at radius 3 is 2.92 bits per heavy atom. The Bertz CT molecular complexity index is 636. The van der Waals surface area contributed by atoms with Crippen LogP contribution in [0.2, 0.25) is 0 Å². The van der Waals surface area contributed by atoms with E-state index in [9.17, 15) is 9.90 Å². The van der Waals surface area contributed by atoms with Crippen LogP contribution in [0.1, 0.15) is 38.7 Å². The molecule has 1 aliphatic carbocycles. The monoisotopic (exact) mass is 362 g/mol.